The summed E-state index contributed by atoms with van der Waals surface area (Å²) in [5, 5.41) is 4.44. The first kappa shape index (κ1) is 20.5. The van der Waals surface area contributed by atoms with Gasteiger partial charge < -0.3 is 10.1 Å². The molecule has 140 valence electrons. The normalized spacial score (nSPS) is 10.7. The van der Waals surface area contributed by atoms with Gasteiger partial charge in [0.05, 0.1) is 19.7 Å². The van der Waals surface area contributed by atoms with Gasteiger partial charge in [0.1, 0.15) is 18.2 Å². The summed E-state index contributed by atoms with van der Waals surface area (Å²) in [7, 11) is 0. The van der Waals surface area contributed by atoms with Crippen molar-refractivity contribution in [3.8, 4) is 5.75 Å². The molecule has 3 aromatic rings. The molecule has 0 unspecified atom stereocenters. The van der Waals surface area contributed by atoms with Crippen LogP contribution in [0.3, 0.4) is 0 Å². The fourth-order valence-electron chi connectivity index (χ4n) is 2.46. The molecule has 3 aromatic carbocycles. The first-order valence-electron chi connectivity index (χ1n) is 7.96. The second-order valence-electron chi connectivity index (χ2n) is 5.78. The van der Waals surface area contributed by atoms with E-state index in [1.54, 1.807) is 18.2 Å². The number of anilines is 1. The minimum atomic E-state index is -0.281. The molecule has 27 heavy (non-hydrogen) atoms. The molecule has 0 saturated carbocycles. The Labute approximate surface area is 183 Å². The Kier molecular flexibility index (Phi) is 7.04. The zero-order valence-electron chi connectivity index (χ0n) is 13.9. The molecule has 0 fully saturated rings. The second kappa shape index (κ2) is 9.28. The summed E-state index contributed by atoms with van der Waals surface area (Å²) in [4.78, 5) is 0. The average molecular weight is 534 g/mol. The highest BCUT2D eigenvalue weighted by Gasteiger charge is 2.10. The molecule has 2 nitrogen and oxygen atoms in total. The molecule has 0 atom stereocenters. The van der Waals surface area contributed by atoms with E-state index in [0.29, 0.717) is 22.3 Å². The largest absolute Gasteiger partial charge is 0.487 e. The Hall–Kier alpha value is -1.27. The minimum Gasteiger partial charge on any atom is -0.487 e. The number of rotatable bonds is 6. The molecule has 0 aliphatic rings. The predicted molar refractivity (Wildman–Crippen MR) is 116 cm³/mol. The van der Waals surface area contributed by atoms with Crippen molar-refractivity contribution in [1.29, 1.82) is 0 Å². The fraction of sp³-hybridized carbons (Fsp3) is 0.100. The van der Waals surface area contributed by atoms with Gasteiger partial charge in [-0.05, 0) is 85.5 Å². The number of nitrogens with one attached hydrogen (secondary N) is 1. The molecule has 0 spiro atoms. The molecule has 0 amide bonds. The van der Waals surface area contributed by atoms with Crippen molar-refractivity contribution in [3.05, 3.63) is 90.5 Å². The Morgan fingerprint density at radius 1 is 0.926 bits per heavy atom. The van der Waals surface area contributed by atoms with Gasteiger partial charge in [-0.15, -0.1) is 0 Å². The maximum absolute atomic E-state index is 13.3. The summed E-state index contributed by atoms with van der Waals surface area (Å²) < 4.78 is 20.7. The zero-order valence-corrected chi connectivity index (χ0v) is 18.6. The van der Waals surface area contributed by atoms with Crippen molar-refractivity contribution in [1.82, 2.24) is 0 Å². The lowest BCUT2D eigenvalue weighted by atomic mass is 10.2. The van der Waals surface area contributed by atoms with Gasteiger partial charge in [-0.3, -0.25) is 0 Å². The van der Waals surface area contributed by atoms with Crippen molar-refractivity contribution in [2.75, 3.05) is 5.32 Å². The van der Waals surface area contributed by atoms with Crippen LogP contribution in [0.1, 0.15) is 11.1 Å². The standard InChI is InChI=1S/C20H14Br2Cl2FNO/c21-16-7-13(10-26-19-5-4-14(23)9-18(19)24)8-17(22)20(16)27-11-12-2-1-3-15(25)6-12/h1-9,26H,10-11H2. The van der Waals surface area contributed by atoms with E-state index in [9.17, 15) is 4.39 Å². The number of ether oxygens (including phenoxy) is 1. The molecule has 1 N–H and O–H groups in total. The van der Waals surface area contributed by atoms with Crippen LogP contribution in [0.15, 0.2) is 63.5 Å². The quantitative estimate of drug-likeness (QED) is 0.348. The molecule has 7 heteroatoms. The van der Waals surface area contributed by atoms with Crippen LogP contribution in [-0.2, 0) is 13.2 Å². The van der Waals surface area contributed by atoms with Crippen LogP contribution in [0.2, 0.25) is 10.0 Å². The van der Waals surface area contributed by atoms with E-state index in [4.69, 9.17) is 27.9 Å². The van der Waals surface area contributed by atoms with E-state index in [2.05, 4.69) is 37.2 Å². The number of benzene rings is 3. The van der Waals surface area contributed by atoms with Crippen molar-refractivity contribution >= 4 is 60.7 Å². The van der Waals surface area contributed by atoms with Crippen LogP contribution in [0.4, 0.5) is 10.1 Å². The highest BCUT2D eigenvalue weighted by atomic mass is 79.9. The SMILES string of the molecule is Fc1cccc(COc2c(Br)cc(CNc3ccc(Cl)cc3Cl)cc2Br)c1. The molecule has 0 aromatic heterocycles. The highest BCUT2D eigenvalue weighted by Crippen LogP contribution is 2.36. The molecule has 0 saturated heterocycles. The van der Waals surface area contributed by atoms with Gasteiger partial charge in [-0.1, -0.05) is 35.3 Å². The van der Waals surface area contributed by atoms with E-state index in [1.807, 2.05) is 24.3 Å². The van der Waals surface area contributed by atoms with Crippen LogP contribution < -0.4 is 10.1 Å². The topological polar surface area (TPSA) is 21.3 Å². The lowest BCUT2D eigenvalue weighted by Crippen LogP contribution is -2.02. The Balaban J connectivity index is 1.68. The molecular weight excluding hydrogens is 520 g/mol. The summed E-state index contributed by atoms with van der Waals surface area (Å²) in [6, 6.07) is 15.6. The fourth-order valence-corrected chi connectivity index (χ4v) is 4.45. The molecule has 0 aliphatic heterocycles. The van der Waals surface area contributed by atoms with Crippen LogP contribution in [0.25, 0.3) is 0 Å². The maximum Gasteiger partial charge on any atom is 0.148 e. The van der Waals surface area contributed by atoms with E-state index in [1.165, 1.54) is 12.1 Å². The van der Waals surface area contributed by atoms with Crippen LogP contribution in [0, 0.1) is 5.82 Å². The van der Waals surface area contributed by atoms with Crippen molar-refractivity contribution < 1.29 is 9.13 Å². The first-order valence-corrected chi connectivity index (χ1v) is 10.3. The van der Waals surface area contributed by atoms with Crippen molar-refractivity contribution in [3.63, 3.8) is 0 Å². The summed E-state index contributed by atoms with van der Waals surface area (Å²) in [6.45, 7) is 0.843. The van der Waals surface area contributed by atoms with Crippen LogP contribution in [0.5, 0.6) is 5.75 Å². The minimum absolute atomic E-state index is 0.271. The number of hydrogen-bond donors (Lipinski definition) is 1. The first-order chi connectivity index (χ1) is 12.9. The van der Waals surface area contributed by atoms with Gasteiger partial charge in [0.2, 0.25) is 0 Å². The summed E-state index contributed by atoms with van der Waals surface area (Å²) in [5.74, 6) is 0.379. The second-order valence-corrected chi connectivity index (χ2v) is 8.34. The number of hydrogen-bond acceptors (Lipinski definition) is 2. The molecule has 0 aliphatic carbocycles. The third-order valence-electron chi connectivity index (χ3n) is 3.74. The van der Waals surface area contributed by atoms with Crippen LogP contribution in [-0.4, -0.2) is 0 Å². The predicted octanol–water partition coefficient (Wildman–Crippen LogP) is 7.85. The van der Waals surface area contributed by atoms with E-state index < -0.39 is 0 Å². The van der Waals surface area contributed by atoms with Gasteiger partial charge >= 0.3 is 0 Å². The summed E-state index contributed by atoms with van der Waals surface area (Å²) in [6.07, 6.45) is 0. The number of halogens is 5. The Bertz CT molecular complexity index is 945. The van der Waals surface area contributed by atoms with Gasteiger partial charge in [-0.25, -0.2) is 4.39 Å². The Morgan fingerprint density at radius 2 is 1.67 bits per heavy atom. The van der Waals surface area contributed by atoms with Gasteiger partial charge in [0, 0.05) is 11.6 Å². The zero-order chi connectivity index (χ0) is 19.4. The van der Waals surface area contributed by atoms with E-state index in [-0.39, 0.29) is 12.4 Å². The molecule has 0 radical (unpaired) electrons. The molecule has 3 rings (SSSR count). The molecule has 0 heterocycles. The van der Waals surface area contributed by atoms with Crippen molar-refractivity contribution in [2.24, 2.45) is 0 Å². The smallest absolute Gasteiger partial charge is 0.148 e. The lowest BCUT2D eigenvalue weighted by Gasteiger charge is -2.14. The van der Waals surface area contributed by atoms with E-state index in [0.717, 1.165) is 25.8 Å². The third kappa shape index (κ3) is 5.61. The monoisotopic (exact) mass is 531 g/mol. The van der Waals surface area contributed by atoms with Gasteiger partial charge in [-0.2, -0.15) is 0 Å². The maximum atomic E-state index is 13.3. The van der Waals surface area contributed by atoms with E-state index >= 15 is 0 Å². The summed E-state index contributed by atoms with van der Waals surface area (Å²) >= 11 is 19.2. The summed E-state index contributed by atoms with van der Waals surface area (Å²) in [5.41, 5.74) is 2.59. The molecular formula is C20H14Br2Cl2FNO. The Morgan fingerprint density at radius 3 is 2.33 bits per heavy atom. The van der Waals surface area contributed by atoms with Gasteiger partial charge in [0.15, 0.2) is 0 Å². The lowest BCUT2D eigenvalue weighted by molar-refractivity contribution is 0.301. The van der Waals surface area contributed by atoms with Crippen LogP contribution >= 0.6 is 55.1 Å². The van der Waals surface area contributed by atoms with Crippen molar-refractivity contribution in [2.45, 2.75) is 13.2 Å². The molecule has 0 bridgehead atoms. The highest BCUT2D eigenvalue weighted by molar-refractivity contribution is 9.11. The van der Waals surface area contributed by atoms with Gasteiger partial charge in [0.25, 0.3) is 0 Å². The average Bonchev–Trinajstić information content (AvgIpc) is 2.60. The third-order valence-corrected chi connectivity index (χ3v) is 5.47.